The topological polar surface area (TPSA) is 72.9 Å². The molecule has 1 saturated heterocycles. The lowest BCUT2D eigenvalue weighted by atomic mass is 9.66. The fourth-order valence-corrected chi connectivity index (χ4v) is 4.15. The highest BCUT2D eigenvalue weighted by Gasteiger charge is 2.76. The Morgan fingerprint density at radius 1 is 1.16 bits per heavy atom. The van der Waals surface area contributed by atoms with Gasteiger partial charge in [0.25, 0.3) is 5.91 Å². The van der Waals surface area contributed by atoms with E-state index in [1.807, 2.05) is 20.8 Å². The van der Waals surface area contributed by atoms with Crippen LogP contribution in [0.1, 0.15) is 44.0 Å². The van der Waals surface area contributed by atoms with Gasteiger partial charge in [-0.05, 0) is 31.9 Å². The lowest BCUT2D eigenvalue weighted by Gasteiger charge is -2.38. The van der Waals surface area contributed by atoms with E-state index in [9.17, 15) is 14.4 Å². The number of rotatable bonds is 3. The van der Waals surface area contributed by atoms with Crippen LogP contribution in [-0.2, 0) is 19.1 Å². The van der Waals surface area contributed by atoms with E-state index in [1.54, 1.807) is 31.3 Å². The zero-order valence-corrected chi connectivity index (χ0v) is 15.2. The number of benzene rings is 1. The summed E-state index contributed by atoms with van der Waals surface area (Å²) in [6.07, 6.45) is 1.09. The summed E-state index contributed by atoms with van der Waals surface area (Å²) in [4.78, 5) is 39.2. The normalized spacial score (nSPS) is 29.2. The van der Waals surface area contributed by atoms with Crippen molar-refractivity contribution < 1.29 is 23.9 Å². The maximum Gasteiger partial charge on any atom is 0.339 e. The van der Waals surface area contributed by atoms with E-state index >= 15 is 0 Å². The van der Waals surface area contributed by atoms with Crippen molar-refractivity contribution in [2.24, 2.45) is 10.8 Å². The Kier molecular flexibility index (Phi) is 3.71. The van der Waals surface area contributed by atoms with Crippen LogP contribution in [0.3, 0.4) is 0 Å². The third kappa shape index (κ3) is 2.00. The molecule has 134 valence electrons. The van der Waals surface area contributed by atoms with Gasteiger partial charge in [-0.15, -0.1) is 0 Å². The summed E-state index contributed by atoms with van der Waals surface area (Å²) < 4.78 is 10.5. The van der Waals surface area contributed by atoms with Crippen molar-refractivity contribution in [1.82, 2.24) is 0 Å². The smallest absolute Gasteiger partial charge is 0.339 e. The van der Waals surface area contributed by atoms with Crippen molar-refractivity contribution in [2.75, 3.05) is 19.1 Å². The molecule has 2 aliphatic rings. The first-order chi connectivity index (χ1) is 11.6. The molecule has 0 radical (unpaired) electrons. The molecule has 2 bridgehead atoms. The Bertz CT molecular complexity index is 771. The van der Waals surface area contributed by atoms with E-state index in [-0.39, 0.29) is 11.9 Å². The van der Waals surface area contributed by atoms with E-state index in [2.05, 4.69) is 0 Å². The SMILES string of the molecule is COC(=O)c1ccccc1N(C)C(=O)[C@]12CC[C@@](C)(C(=O)O1)C2(C)C. The molecule has 3 rings (SSSR count). The summed E-state index contributed by atoms with van der Waals surface area (Å²) in [6.45, 7) is 5.67. The number of likely N-dealkylation sites (N-methyl/N-ethyl adjacent to an activating group) is 1. The van der Waals surface area contributed by atoms with E-state index in [0.717, 1.165) is 0 Å². The average molecular weight is 345 g/mol. The number of carbonyl (C=O) groups excluding carboxylic acids is 3. The molecule has 1 saturated carbocycles. The quantitative estimate of drug-likeness (QED) is 0.787. The lowest BCUT2D eigenvalue weighted by molar-refractivity contribution is -0.166. The van der Waals surface area contributed by atoms with Crippen LogP contribution in [0, 0.1) is 10.8 Å². The predicted octanol–water partition coefficient (Wildman–Crippen LogP) is 2.56. The molecule has 1 aromatic rings. The number of nitrogens with zero attached hydrogens (tertiary/aromatic N) is 1. The average Bonchev–Trinajstić information content (AvgIpc) is 2.90. The first kappa shape index (κ1) is 17.5. The summed E-state index contributed by atoms with van der Waals surface area (Å²) in [7, 11) is 2.89. The Balaban J connectivity index is 2.03. The van der Waals surface area contributed by atoms with Crippen LogP contribution in [0.4, 0.5) is 5.69 Å². The number of amides is 1. The molecule has 1 amide bonds. The molecule has 6 nitrogen and oxygen atoms in total. The number of methoxy groups -OCH3 is 1. The van der Waals surface area contributed by atoms with E-state index in [1.165, 1.54) is 12.0 Å². The molecule has 0 N–H and O–H groups in total. The second-order valence-electron chi connectivity index (χ2n) is 7.55. The van der Waals surface area contributed by atoms with Crippen LogP contribution >= 0.6 is 0 Å². The fourth-order valence-electron chi connectivity index (χ4n) is 4.15. The van der Waals surface area contributed by atoms with Crippen LogP contribution in [0.5, 0.6) is 0 Å². The molecule has 0 spiro atoms. The molecule has 2 fully saturated rings. The van der Waals surface area contributed by atoms with E-state index < -0.39 is 22.4 Å². The fraction of sp³-hybridized carbons (Fsp3) is 0.526. The summed E-state index contributed by atoms with van der Waals surface area (Å²) in [6, 6.07) is 6.73. The van der Waals surface area contributed by atoms with Crippen molar-refractivity contribution in [3.63, 3.8) is 0 Å². The summed E-state index contributed by atoms with van der Waals surface area (Å²) in [5.41, 5.74) is -1.80. The maximum atomic E-state index is 13.4. The second kappa shape index (κ2) is 5.31. The highest BCUT2D eigenvalue weighted by molar-refractivity contribution is 6.08. The van der Waals surface area contributed by atoms with Crippen molar-refractivity contribution >= 4 is 23.5 Å². The van der Waals surface area contributed by atoms with Gasteiger partial charge >= 0.3 is 11.9 Å². The summed E-state index contributed by atoms with van der Waals surface area (Å²) >= 11 is 0. The Hall–Kier alpha value is -2.37. The Labute approximate surface area is 147 Å². The molecule has 2 atom stereocenters. The molecule has 1 aromatic carbocycles. The highest BCUT2D eigenvalue weighted by Crippen LogP contribution is 2.66. The summed E-state index contributed by atoms with van der Waals surface area (Å²) in [5.74, 6) is -1.16. The molecular weight excluding hydrogens is 322 g/mol. The minimum Gasteiger partial charge on any atom is -0.465 e. The molecule has 1 aliphatic carbocycles. The molecular formula is C19H23NO5. The highest BCUT2D eigenvalue weighted by atomic mass is 16.6. The second-order valence-corrected chi connectivity index (χ2v) is 7.55. The molecule has 0 unspecified atom stereocenters. The number of para-hydroxylation sites is 1. The monoisotopic (exact) mass is 345 g/mol. The number of ether oxygens (including phenoxy) is 2. The van der Waals surface area contributed by atoms with E-state index in [4.69, 9.17) is 9.47 Å². The largest absolute Gasteiger partial charge is 0.465 e. The van der Waals surface area contributed by atoms with Gasteiger partial charge in [0.15, 0.2) is 5.60 Å². The van der Waals surface area contributed by atoms with Crippen LogP contribution in [0.15, 0.2) is 24.3 Å². The summed E-state index contributed by atoms with van der Waals surface area (Å²) in [5, 5.41) is 0. The van der Waals surface area contributed by atoms with Gasteiger partial charge in [0.2, 0.25) is 0 Å². The van der Waals surface area contributed by atoms with Gasteiger partial charge in [-0.1, -0.05) is 26.0 Å². The minimum atomic E-state index is -1.21. The zero-order chi connectivity index (χ0) is 18.6. The Morgan fingerprint density at radius 3 is 2.32 bits per heavy atom. The molecule has 6 heteroatoms. The first-order valence-corrected chi connectivity index (χ1v) is 8.31. The molecule has 1 aliphatic heterocycles. The maximum absolute atomic E-state index is 13.4. The number of carbonyl (C=O) groups is 3. The predicted molar refractivity (Wildman–Crippen MR) is 91.1 cm³/mol. The number of esters is 2. The van der Waals surface area contributed by atoms with Crippen molar-refractivity contribution in [3.05, 3.63) is 29.8 Å². The number of hydrogen-bond donors (Lipinski definition) is 0. The van der Waals surface area contributed by atoms with Gasteiger partial charge in [-0.3, -0.25) is 9.59 Å². The van der Waals surface area contributed by atoms with Crippen molar-refractivity contribution in [2.45, 2.75) is 39.2 Å². The minimum absolute atomic E-state index is 0.292. The van der Waals surface area contributed by atoms with Crippen molar-refractivity contribution in [1.29, 1.82) is 0 Å². The standard InChI is InChI=1S/C19H23NO5/c1-17(2)18(3)10-11-19(17,25-16(18)23)15(22)20(4)13-9-7-6-8-12(13)14(21)24-5/h6-9H,10-11H2,1-5H3/t18-,19-/m0/s1. The van der Waals surface area contributed by atoms with Crippen LogP contribution in [0.25, 0.3) is 0 Å². The third-order valence-corrected chi connectivity index (χ3v) is 6.40. The van der Waals surface area contributed by atoms with Gasteiger partial charge < -0.3 is 14.4 Å². The van der Waals surface area contributed by atoms with Crippen LogP contribution in [-0.4, -0.2) is 37.6 Å². The third-order valence-electron chi connectivity index (χ3n) is 6.40. The van der Waals surface area contributed by atoms with E-state index in [0.29, 0.717) is 24.1 Å². The van der Waals surface area contributed by atoms with Gasteiger partial charge in [-0.25, -0.2) is 4.79 Å². The van der Waals surface area contributed by atoms with Gasteiger partial charge in [-0.2, -0.15) is 0 Å². The van der Waals surface area contributed by atoms with Gasteiger partial charge in [0, 0.05) is 12.5 Å². The first-order valence-electron chi connectivity index (χ1n) is 8.31. The molecule has 0 aromatic heterocycles. The van der Waals surface area contributed by atoms with Gasteiger partial charge in [0.05, 0.1) is 23.8 Å². The zero-order valence-electron chi connectivity index (χ0n) is 15.2. The number of fused-ring (bicyclic) bond motifs is 2. The number of anilines is 1. The molecule has 1 heterocycles. The van der Waals surface area contributed by atoms with Crippen LogP contribution < -0.4 is 4.90 Å². The molecule has 25 heavy (non-hydrogen) atoms. The van der Waals surface area contributed by atoms with Crippen LogP contribution in [0.2, 0.25) is 0 Å². The lowest BCUT2D eigenvalue weighted by Crippen LogP contribution is -2.54. The van der Waals surface area contributed by atoms with Crippen molar-refractivity contribution in [3.8, 4) is 0 Å². The Morgan fingerprint density at radius 2 is 1.80 bits per heavy atom. The number of hydrogen-bond acceptors (Lipinski definition) is 5. The van der Waals surface area contributed by atoms with Gasteiger partial charge in [0.1, 0.15) is 0 Å².